The summed E-state index contributed by atoms with van der Waals surface area (Å²) in [6.07, 6.45) is 2.11. The quantitative estimate of drug-likeness (QED) is 0.629. The van der Waals surface area contributed by atoms with Crippen LogP contribution in [0.15, 0.2) is 16.8 Å². The smallest absolute Gasteiger partial charge is 0.311 e. The first-order valence-corrected chi connectivity index (χ1v) is 6.40. The molecule has 0 saturated heterocycles. The van der Waals surface area contributed by atoms with Crippen LogP contribution in [0.3, 0.4) is 0 Å². The number of benzene rings is 1. The van der Waals surface area contributed by atoms with Crippen LogP contribution in [0, 0.1) is 15.5 Å². The lowest BCUT2D eigenvalue weighted by molar-refractivity contribution is -0.383. The van der Waals surface area contributed by atoms with Crippen molar-refractivity contribution in [3.8, 4) is 0 Å². The van der Waals surface area contributed by atoms with E-state index in [-0.39, 0.29) is 23.3 Å². The summed E-state index contributed by atoms with van der Waals surface area (Å²) in [4.78, 5) is 21.6. The van der Waals surface area contributed by atoms with Crippen LogP contribution in [-0.2, 0) is 4.79 Å². The minimum absolute atomic E-state index is 0.0444. The minimum Gasteiger partial charge on any atom is -0.481 e. The number of hydrogen-bond donors (Lipinski definition) is 2. The maximum Gasteiger partial charge on any atom is 0.311 e. The molecule has 2 N–H and O–H groups in total. The number of nitro groups is 1. The van der Waals surface area contributed by atoms with Gasteiger partial charge in [0.25, 0.3) is 0 Å². The molecule has 1 aromatic carbocycles. The number of carbonyl (C=O) groups is 1. The van der Waals surface area contributed by atoms with Crippen molar-refractivity contribution in [3.05, 3.63) is 22.2 Å². The maximum absolute atomic E-state index is 11.3. The fourth-order valence-electron chi connectivity index (χ4n) is 2.48. The first-order valence-electron chi connectivity index (χ1n) is 6.40. The molecule has 9 heteroatoms. The molecule has 0 bridgehead atoms. The Morgan fingerprint density at radius 1 is 1.43 bits per heavy atom. The molecule has 3 rings (SSSR count). The summed E-state index contributed by atoms with van der Waals surface area (Å²) in [6.45, 7) is 0.238. The molecule has 1 aromatic heterocycles. The highest BCUT2D eigenvalue weighted by molar-refractivity contribution is 5.93. The monoisotopic (exact) mass is 292 g/mol. The van der Waals surface area contributed by atoms with Crippen LogP contribution in [0.2, 0.25) is 0 Å². The Balaban J connectivity index is 1.88. The summed E-state index contributed by atoms with van der Waals surface area (Å²) in [6, 6.07) is 2.78. The number of aliphatic carboxylic acids is 1. The number of aromatic nitrogens is 2. The number of non-ortho nitro benzene ring substituents is 1. The zero-order chi connectivity index (χ0) is 15.0. The second-order valence-electron chi connectivity index (χ2n) is 5.14. The Hall–Kier alpha value is -2.71. The number of fused-ring (bicyclic) bond motifs is 1. The molecule has 2 aromatic rings. The summed E-state index contributed by atoms with van der Waals surface area (Å²) in [5.74, 6) is -0.835. The molecule has 0 atom stereocenters. The largest absolute Gasteiger partial charge is 0.481 e. The van der Waals surface area contributed by atoms with Gasteiger partial charge in [-0.3, -0.25) is 14.9 Å². The van der Waals surface area contributed by atoms with Gasteiger partial charge in [-0.2, -0.15) is 0 Å². The molecular formula is C12H12N4O5. The van der Waals surface area contributed by atoms with E-state index in [0.29, 0.717) is 18.5 Å². The summed E-state index contributed by atoms with van der Waals surface area (Å²) in [5, 5.41) is 30.3. The predicted molar refractivity (Wildman–Crippen MR) is 70.9 cm³/mol. The molecule has 1 saturated carbocycles. The van der Waals surface area contributed by atoms with Gasteiger partial charge in [-0.05, 0) is 29.2 Å². The highest BCUT2D eigenvalue weighted by Crippen LogP contribution is 2.41. The van der Waals surface area contributed by atoms with Gasteiger partial charge in [-0.25, -0.2) is 4.63 Å². The fourth-order valence-corrected chi connectivity index (χ4v) is 2.48. The average Bonchev–Trinajstić information content (AvgIpc) is 2.85. The lowest BCUT2D eigenvalue weighted by Gasteiger charge is -2.37. The lowest BCUT2D eigenvalue weighted by atomic mass is 9.69. The van der Waals surface area contributed by atoms with Crippen LogP contribution in [0.5, 0.6) is 0 Å². The number of rotatable bonds is 5. The molecule has 1 heterocycles. The van der Waals surface area contributed by atoms with Crippen LogP contribution < -0.4 is 5.32 Å². The molecule has 21 heavy (non-hydrogen) atoms. The summed E-state index contributed by atoms with van der Waals surface area (Å²) < 4.78 is 4.56. The average molecular weight is 292 g/mol. The topological polar surface area (TPSA) is 131 Å². The van der Waals surface area contributed by atoms with E-state index in [1.165, 1.54) is 12.1 Å². The minimum atomic E-state index is -0.835. The van der Waals surface area contributed by atoms with Crippen molar-refractivity contribution >= 4 is 28.4 Å². The fraction of sp³-hybridized carbons (Fsp3) is 0.417. The Kier molecular flexibility index (Phi) is 2.96. The molecule has 110 valence electrons. The third-order valence-electron chi connectivity index (χ3n) is 3.97. The molecule has 1 aliphatic carbocycles. The van der Waals surface area contributed by atoms with E-state index in [2.05, 4.69) is 20.3 Å². The second-order valence-corrected chi connectivity index (χ2v) is 5.14. The van der Waals surface area contributed by atoms with Gasteiger partial charge in [0.05, 0.1) is 16.0 Å². The van der Waals surface area contributed by atoms with E-state index in [0.717, 1.165) is 6.42 Å². The Morgan fingerprint density at radius 2 is 2.14 bits per heavy atom. The molecule has 1 aliphatic rings. The van der Waals surface area contributed by atoms with E-state index >= 15 is 0 Å². The molecule has 0 aliphatic heterocycles. The normalized spacial score (nSPS) is 16.4. The molecule has 1 fully saturated rings. The first-order chi connectivity index (χ1) is 10.0. The maximum atomic E-state index is 11.3. The van der Waals surface area contributed by atoms with Crippen LogP contribution in [0.4, 0.5) is 11.4 Å². The molecular weight excluding hydrogens is 280 g/mol. The van der Waals surface area contributed by atoms with Gasteiger partial charge in [0, 0.05) is 12.6 Å². The highest BCUT2D eigenvalue weighted by atomic mass is 16.6. The van der Waals surface area contributed by atoms with Gasteiger partial charge in [-0.1, -0.05) is 6.42 Å². The van der Waals surface area contributed by atoms with Crippen molar-refractivity contribution in [3.63, 3.8) is 0 Å². The molecule has 0 spiro atoms. The number of nitro benzene ring substituents is 1. The summed E-state index contributed by atoms with van der Waals surface area (Å²) in [7, 11) is 0. The number of hydrogen-bond acceptors (Lipinski definition) is 7. The van der Waals surface area contributed by atoms with E-state index in [1.807, 2.05) is 0 Å². The van der Waals surface area contributed by atoms with Crippen LogP contribution in [-0.4, -0.2) is 32.9 Å². The van der Waals surface area contributed by atoms with Crippen LogP contribution >= 0.6 is 0 Å². The number of nitrogens with one attached hydrogen (secondary N) is 1. The Morgan fingerprint density at radius 3 is 2.71 bits per heavy atom. The second kappa shape index (κ2) is 4.69. The first kappa shape index (κ1) is 13.3. The van der Waals surface area contributed by atoms with Gasteiger partial charge < -0.3 is 10.4 Å². The van der Waals surface area contributed by atoms with Crippen molar-refractivity contribution in [2.45, 2.75) is 19.3 Å². The van der Waals surface area contributed by atoms with Gasteiger partial charge in [0.15, 0.2) is 5.52 Å². The van der Waals surface area contributed by atoms with Crippen molar-refractivity contribution in [2.75, 3.05) is 11.9 Å². The van der Waals surface area contributed by atoms with E-state index < -0.39 is 16.3 Å². The number of anilines is 1. The molecule has 0 unspecified atom stereocenters. The highest BCUT2D eigenvalue weighted by Gasteiger charge is 2.44. The third-order valence-corrected chi connectivity index (χ3v) is 3.97. The predicted octanol–water partition coefficient (Wildman–Crippen LogP) is 1.80. The third kappa shape index (κ3) is 2.06. The number of carboxylic acid groups (broad SMARTS) is 1. The molecule has 0 amide bonds. The Bertz CT molecular complexity index is 722. The van der Waals surface area contributed by atoms with E-state index in [9.17, 15) is 20.0 Å². The summed E-state index contributed by atoms with van der Waals surface area (Å²) >= 11 is 0. The summed E-state index contributed by atoms with van der Waals surface area (Å²) in [5.41, 5.74) is -0.226. The zero-order valence-corrected chi connectivity index (χ0v) is 10.9. The SMILES string of the molecule is O=C(O)C1(CNc2ccc([N+](=O)[O-])c3nonc23)CCC1. The van der Waals surface area contributed by atoms with Crippen molar-refractivity contribution in [1.29, 1.82) is 0 Å². The number of nitrogens with zero attached hydrogens (tertiary/aromatic N) is 3. The van der Waals surface area contributed by atoms with Crippen molar-refractivity contribution < 1.29 is 19.5 Å². The van der Waals surface area contributed by atoms with Gasteiger partial charge >= 0.3 is 11.7 Å². The number of carboxylic acids is 1. The van der Waals surface area contributed by atoms with E-state index in [4.69, 9.17) is 0 Å². The van der Waals surface area contributed by atoms with Crippen LogP contribution in [0.1, 0.15) is 19.3 Å². The molecule has 0 radical (unpaired) electrons. The standard InChI is InChI=1S/C12H12N4O5/c17-11(18)12(4-1-5-12)6-13-7-2-3-8(16(19)20)10-9(7)14-21-15-10/h2-3,13H,1,4-6H2,(H,17,18). The van der Waals surface area contributed by atoms with Gasteiger partial charge in [0.1, 0.15) is 0 Å². The van der Waals surface area contributed by atoms with Crippen LogP contribution in [0.25, 0.3) is 11.0 Å². The van der Waals surface area contributed by atoms with Crippen molar-refractivity contribution in [1.82, 2.24) is 10.3 Å². The lowest BCUT2D eigenvalue weighted by Crippen LogP contribution is -2.43. The van der Waals surface area contributed by atoms with Gasteiger partial charge in [-0.15, -0.1) is 0 Å². The van der Waals surface area contributed by atoms with Crippen molar-refractivity contribution in [2.24, 2.45) is 5.41 Å². The Labute approximate surface area is 118 Å². The zero-order valence-electron chi connectivity index (χ0n) is 10.9. The van der Waals surface area contributed by atoms with Gasteiger partial charge in [0.2, 0.25) is 5.52 Å². The molecule has 9 nitrogen and oxygen atoms in total. The van der Waals surface area contributed by atoms with E-state index in [1.54, 1.807) is 0 Å².